The Hall–Kier alpha value is -2.55. The maximum Gasteiger partial charge on any atom is 0.188 e. The molecule has 1 aliphatic heterocycles. The van der Waals surface area contributed by atoms with Crippen molar-refractivity contribution in [3.8, 4) is 0 Å². The molecule has 0 spiro atoms. The van der Waals surface area contributed by atoms with E-state index < -0.39 is 0 Å². The minimum absolute atomic E-state index is 0.275. The number of thiazole rings is 1. The van der Waals surface area contributed by atoms with E-state index in [4.69, 9.17) is 14.2 Å². The third kappa shape index (κ3) is 5.58. The Kier molecular flexibility index (Phi) is 7.90. The SMILES string of the molecule is CCOCN(c1nc2ccccc2s1)C1CCC(CCN2CCC(c3noc4cc(F)ccc34)CC2)CC1. The fourth-order valence-electron chi connectivity index (χ4n) is 6.25. The average molecular weight is 537 g/mol. The van der Waals surface area contributed by atoms with E-state index in [1.54, 1.807) is 11.3 Å². The quantitative estimate of drug-likeness (QED) is 0.211. The number of benzene rings is 2. The van der Waals surface area contributed by atoms with Crippen LogP contribution in [0.4, 0.5) is 9.52 Å². The molecule has 1 saturated heterocycles. The summed E-state index contributed by atoms with van der Waals surface area (Å²) in [4.78, 5) is 9.97. The van der Waals surface area contributed by atoms with E-state index in [0.717, 1.165) is 60.2 Å². The highest BCUT2D eigenvalue weighted by Crippen LogP contribution is 2.37. The molecule has 2 fully saturated rings. The number of aromatic nitrogens is 2. The van der Waals surface area contributed by atoms with E-state index in [9.17, 15) is 4.39 Å². The van der Waals surface area contributed by atoms with Crippen LogP contribution >= 0.6 is 11.3 Å². The normalized spacial score (nSPS) is 21.4. The number of fused-ring (bicyclic) bond motifs is 2. The standard InChI is InChI=1S/C30H37FN4O2S/c1-2-36-20-35(30-32-26-5-3-4-6-28(26)38-30)24-10-7-21(8-11-24)13-16-34-17-14-22(15-18-34)29-25-12-9-23(31)19-27(25)37-33-29/h3-6,9,12,19,21-22,24H,2,7-8,10-11,13-18,20H2,1H3. The molecule has 202 valence electrons. The van der Waals surface area contributed by atoms with Gasteiger partial charge < -0.3 is 19.1 Å². The minimum Gasteiger partial charge on any atom is -0.361 e. The van der Waals surface area contributed by atoms with E-state index in [-0.39, 0.29) is 5.82 Å². The van der Waals surface area contributed by atoms with Gasteiger partial charge in [-0.25, -0.2) is 9.37 Å². The second-order valence-corrected chi connectivity index (χ2v) is 11.9. The first kappa shape index (κ1) is 25.7. The van der Waals surface area contributed by atoms with Crippen LogP contribution in [0.25, 0.3) is 21.2 Å². The molecule has 0 N–H and O–H groups in total. The van der Waals surface area contributed by atoms with Crippen molar-refractivity contribution in [3.05, 3.63) is 54.0 Å². The van der Waals surface area contributed by atoms with Gasteiger partial charge in [-0.05, 0) is 102 Å². The summed E-state index contributed by atoms with van der Waals surface area (Å²) in [6, 6.07) is 13.7. The van der Waals surface area contributed by atoms with Gasteiger partial charge in [0.25, 0.3) is 0 Å². The number of nitrogens with zero attached hydrogens (tertiary/aromatic N) is 4. The molecular weight excluding hydrogens is 499 g/mol. The number of rotatable bonds is 9. The summed E-state index contributed by atoms with van der Waals surface area (Å²) in [5.74, 6) is 0.915. The highest BCUT2D eigenvalue weighted by molar-refractivity contribution is 7.22. The molecule has 1 saturated carbocycles. The summed E-state index contributed by atoms with van der Waals surface area (Å²) in [5, 5.41) is 6.36. The van der Waals surface area contributed by atoms with Gasteiger partial charge in [-0.3, -0.25) is 0 Å². The van der Waals surface area contributed by atoms with Crippen LogP contribution in [-0.4, -0.2) is 54.1 Å². The Balaban J connectivity index is 0.986. The smallest absolute Gasteiger partial charge is 0.188 e. The lowest BCUT2D eigenvalue weighted by molar-refractivity contribution is 0.132. The third-order valence-corrected chi connectivity index (χ3v) is 9.58. The minimum atomic E-state index is -0.275. The Morgan fingerprint density at radius 2 is 1.89 bits per heavy atom. The van der Waals surface area contributed by atoms with Crippen LogP contribution in [0, 0.1) is 11.7 Å². The van der Waals surface area contributed by atoms with Crippen molar-refractivity contribution in [2.75, 3.05) is 37.9 Å². The number of anilines is 1. The first-order chi connectivity index (χ1) is 18.7. The maximum absolute atomic E-state index is 13.5. The van der Waals surface area contributed by atoms with Gasteiger partial charge in [0, 0.05) is 30.0 Å². The number of piperidine rings is 1. The molecule has 0 radical (unpaired) electrons. The molecular formula is C30H37FN4O2S. The van der Waals surface area contributed by atoms with Crippen molar-refractivity contribution in [2.24, 2.45) is 5.92 Å². The van der Waals surface area contributed by atoms with Crippen molar-refractivity contribution in [1.82, 2.24) is 15.0 Å². The highest BCUT2D eigenvalue weighted by Gasteiger charge is 2.29. The maximum atomic E-state index is 13.5. The van der Waals surface area contributed by atoms with E-state index in [2.05, 4.69) is 46.1 Å². The van der Waals surface area contributed by atoms with E-state index in [1.165, 1.54) is 55.5 Å². The summed E-state index contributed by atoms with van der Waals surface area (Å²) in [6.07, 6.45) is 8.40. The number of likely N-dealkylation sites (tertiary alicyclic amines) is 1. The second kappa shape index (κ2) is 11.7. The zero-order chi connectivity index (χ0) is 25.9. The Morgan fingerprint density at radius 3 is 2.68 bits per heavy atom. The van der Waals surface area contributed by atoms with E-state index >= 15 is 0 Å². The van der Waals surface area contributed by atoms with Crippen molar-refractivity contribution in [2.45, 2.75) is 63.8 Å². The number of para-hydroxylation sites is 1. The van der Waals surface area contributed by atoms with Gasteiger partial charge in [0.2, 0.25) is 0 Å². The van der Waals surface area contributed by atoms with Gasteiger partial charge in [0.1, 0.15) is 12.5 Å². The first-order valence-corrected chi connectivity index (χ1v) is 15.0. The molecule has 8 heteroatoms. The molecule has 0 amide bonds. The number of halogens is 1. The van der Waals surface area contributed by atoms with Gasteiger partial charge in [-0.2, -0.15) is 0 Å². The lowest BCUT2D eigenvalue weighted by Gasteiger charge is -2.37. The number of ether oxygens (including phenoxy) is 1. The zero-order valence-electron chi connectivity index (χ0n) is 22.2. The largest absolute Gasteiger partial charge is 0.361 e. The molecule has 38 heavy (non-hydrogen) atoms. The molecule has 4 aromatic rings. The Morgan fingerprint density at radius 1 is 1.08 bits per heavy atom. The zero-order valence-corrected chi connectivity index (χ0v) is 23.0. The van der Waals surface area contributed by atoms with Crippen LogP contribution in [0.1, 0.15) is 63.5 Å². The molecule has 1 aliphatic carbocycles. The predicted molar refractivity (Wildman–Crippen MR) is 151 cm³/mol. The predicted octanol–water partition coefficient (Wildman–Crippen LogP) is 7.21. The van der Waals surface area contributed by atoms with Gasteiger partial charge in [-0.15, -0.1) is 0 Å². The molecule has 6 nitrogen and oxygen atoms in total. The highest BCUT2D eigenvalue weighted by atomic mass is 32.1. The van der Waals surface area contributed by atoms with Crippen molar-refractivity contribution >= 4 is 37.7 Å². The summed E-state index contributed by atoms with van der Waals surface area (Å²) in [7, 11) is 0. The fraction of sp³-hybridized carbons (Fsp3) is 0.533. The summed E-state index contributed by atoms with van der Waals surface area (Å²) in [6.45, 7) is 6.76. The van der Waals surface area contributed by atoms with Crippen LogP contribution in [-0.2, 0) is 4.74 Å². The van der Waals surface area contributed by atoms with Crippen LogP contribution in [0.15, 0.2) is 47.0 Å². The van der Waals surface area contributed by atoms with Crippen molar-refractivity contribution in [1.29, 1.82) is 0 Å². The van der Waals surface area contributed by atoms with Crippen LogP contribution in [0.3, 0.4) is 0 Å². The molecule has 0 atom stereocenters. The molecule has 0 unspecified atom stereocenters. The van der Waals surface area contributed by atoms with Crippen LogP contribution in [0.5, 0.6) is 0 Å². The average Bonchev–Trinajstić information content (AvgIpc) is 3.57. The fourth-order valence-corrected chi connectivity index (χ4v) is 7.28. The summed E-state index contributed by atoms with van der Waals surface area (Å²) >= 11 is 1.78. The number of hydrogen-bond donors (Lipinski definition) is 0. The molecule has 6 rings (SSSR count). The summed E-state index contributed by atoms with van der Waals surface area (Å²) in [5.41, 5.74) is 2.64. The molecule has 2 aromatic heterocycles. The van der Waals surface area contributed by atoms with Gasteiger partial charge >= 0.3 is 0 Å². The molecule has 2 aromatic carbocycles. The topological polar surface area (TPSA) is 54.6 Å². The van der Waals surface area contributed by atoms with Crippen molar-refractivity contribution in [3.63, 3.8) is 0 Å². The van der Waals surface area contributed by atoms with Gasteiger partial charge in [0.05, 0.1) is 15.9 Å². The van der Waals surface area contributed by atoms with Gasteiger partial charge in [0.15, 0.2) is 10.7 Å². The summed E-state index contributed by atoms with van der Waals surface area (Å²) < 4.78 is 26.0. The van der Waals surface area contributed by atoms with Gasteiger partial charge in [-0.1, -0.05) is 28.6 Å². The Bertz CT molecular complexity index is 1310. The third-order valence-electron chi connectivity index (χ3n) is 8.51. The molecule has 3 heterocycles. The van der Waals surface area contributed by atoms with E-state index in [1.807, 2.05) is 6.07 Å². The lowest BCUT2D eigenvalue weighted by Crippen LogP contribution is -2.40. The molecule has 2 aliphatic rings. The lowest BCUT2D eigenvalue weighted by atomic mass is 9.83. The van der Waals surface area contributed by atoms with Crippen molar-refractivity contribution < 1.29 is 13.7 Å². The number of hydrogen-bond acceptors (Lipinski definition) is 7. The Labute approximate surface area is 227 Å². The second-order valence-electron chi connectivity index (χ2n) is 10.8. The molecule has 0 bridgehead atoms. The van der Waals surface area contributed by atoms with Crippen LogP contribution in [0.2, 0.25) is 0 Å². The van der Waals surface area contributed by atoms with Crippen LogP contribution < -0.4 is 4.90 Å². The monoisotopic (exact) mass is 536 g/mol. The first-order valence-electron chi connectivity index (χ1n) is 14.1. The van der Waals surface area contributed by atoms with E-state index in [0.29, 0.717) is 24.3 Å².